The van der Waals surface area contributed by atoms with Gasteiger partial charge >= 0.3 is 0 Å². The number of amides is 1. The lowest BCUT2D eigenvalue weighted by Gasteiger charge is -2.14. The molecule has 0 N–H and O–H groups in total. The summed E-state index contributed by atoms with van der Waals surface area (Å²) in [5.74, 6) is 0.524. The number of likely N-dealkylation sites (N-methyl/N-ethyl adjacent to an activating group) is 1. The topological polar surface area (TPSA) is 42.4 Å². The highest BCUT2D eigenvalue weighted by Gasteiger charge is 2.15. The molecule has 3 rings (SSSR count). The van der Waals surface area contributed by atoms with E-state index in [1.54, 1.807) is 7.05 Å². The number of fused-ring (bicyclic) bond motifs is 1. The zero-order chi connectivity index (χ0) is 15.5. The van der Waals surface area contributed by atoms with Gasteiger partial charge in [-0.25, -0.2) is 4.98 Å². The molecule has 22 heavy (non-hydrogen) atoms. The monoisotopic (exact) mass is 376 g/mol. The molecule has 0 aliphatic carbocycles. The van der Waals surface area contributed by atoms with Crippen LogP contribution in [0.3, 0.4) is 0 Å². The van der Waals surface area contributed by atoms with Crippen molar-refractivity contribution in [2.24, 2.45) is 0 Å². The van der Waals surface area contributed by atoms with Gasteiger partial charge in [0.2, 0.25) is 0 Å². The predicted molar refractivity (Wildman–Crippen MR) is 92.7 cm³/mol. The molecule has 0 aliphatic rings. The number of halogens is 1. The minimum absolute atomic E-state index is 0.0198. The molecule has 0 radical (unpaired) electrons. The van der Waals surface area contributed by atoms with Gasteiger partial charge in [-0.05, 0) is 36.4 Å². The van der Waals surface area contributed by atoms with Crippen LogP contribution in [0.4, 0.5) is 5.13 Å². The van der Waals surface area contributed by atoms with E-state index in [0.717, 1.165) is 14.7 Å². The molecule has 0 spiro atoms. The summed E-state index contributed by atoms with van der Waals surface area (Å²) < 4.78 is 7.54. The molecular weight excluding hydrogens is 364 g/mol. The number of carbonyl (C=O) groups is 1. The lowest BCUT2D eigenvalue weighted by atomic mass is 10.3. The van der Waals surface area contributed by atoms with E-state index in [0.29, 0.717) is 10.9 Å². The molecule has 0 unspecified atom stereocenters. The van der Waals surface area contributed by atoms with E-state index in [1.807, 2.05) is 48.5 Å². The summed E-state index contributed by atoms with van der Waals surface area (Å²) in [7, 11) is 1.71. The maximum Gasteiger partial charge on any atom is 0.266 e. The second-order valence-corrected chi connectivity index (χ2v) is 6.58. The molecule has 4 nitrogen and oxygen atoms in total. The Labute approximate surface area is 140 Å². The highest BCUT2D eigenvalue weighted by Crippen LogP contribution is 2.27. The molecule has 0 saturated heterocycles. The first-order chi connectivity index (χ1) is 10.6. The number of hydrogen-bond acceptors (Lipinski definition) is 4. The van der Waals surface area contributed by atoms with Gasteiger partial charge in [-0.15, -0.1) is 0 Å². The Morgan fingerprint density at radius 1 is 1.23 bits per heavy atom. The van der Waals surface area contributed by atoms with E-state index in [4.69, 9.17) is 4.74 Å². The molecule has 1 aromatic heterocycles. The standard InChI is InChI=1S/C16H13BrN2O2S/c1-19(16-18-13-4-2-3-5-14(13)22-16)15(20)10-21-12-8-6-11(17)7-9-12/h2-9H,10H2,1H3. The van der Waals surface area contributed by atoms with Crippen molar-refractivity contribution in [1.82, 2.24) is 4.98 Å². The van der Waals surface area contributed by atoms with Crippen LogP contribution >= 0.6 is 27.3 Å². The van der Waals surface area contributed by atoms with E-state index < -0.39 is 0 Å². The van der Waals surface area contributed by atoms with Crippen molar-refractivity contribution in [2.45, 2.75) is 0 Å². The SMILES string of the molecule is CN(C(=O)COc1ccc(Br)cc1)c1nc2ccccc2s1. The number of ether oxygens (including phenoxy) is 1. The van der Waals surface area contributed by atoms with Crippen molar-refractivity contribution in [3.63, 3.8) is 0 Å². The van der Waals surface area contributed by atoms with Crippen LogP contribution < -0.4 is 9.64 Å². The Balaban J connectivity index is 1.67. The highest BCUT2D eigenvalue weighted by molar-refractivity contribution is 9.10. The van der Waals surface area contributed by atoms with Gasteiger partial charge < -0.3 is 4.74 Å². The first-order valence-electron chi connectivity index (χ1n) is 6.64. The van der Waals surface area contributed by atoms with Crippen LogP contribution in [0.5, 0.6) is 5.75 Å². The Bertz CT molecular complexity index is 768. The van der Waals surface area contributed by atoms with Crippen LogP contribution in [-0.2, 0) is 4.79 Å². The first kappa shape index (κ1) is 15.0. The van der Waals surface area contributed by atoms with Gasteiger partial charge in [0.1, 0.15) is 5.75 Å². The van der Waals surface area contributed by atoms with Gasteiger partial charge in [0.25, 0.3) is 5.91 Å². The third-order valence-electron chi connectivity index (χ3n) is 3.12. The molecule has 0 bridgehead atoms. The first-order valence-corrected chi connectivity index (χ1v) is 8.25. The van der Waals surface area contributed by atoms with E-state index in [2.05, 4.69) is 20.9 Å². The van der Waals surface area contributed by atoms with Crippen LogP contribution in [0, 0.1) is 0 Å². The minimum atomic E-state index is -0.137. The van der Waals surface area contributed by atoms with Gasteiger partial charge in [0, 0.05) is 11.5 Å². The average Bonchev–Trinajstić information content (AvgIpc) is 2.97. The van der Waals surface area contributed by atoms with Crippen LogP contribution in [0.1, 0.15) is 0 Å². The van der Waals surface area contributed by atoms with Crippen LogP contribution in [-0.4, -0.2) is 24.5 Å². The Morgan fingerprint density at radius 3 is 2.68 bits per heavy atom. The Kier molecular flexibility index (Phi) is 4.40. The number of anilines is 1. The van der Waals surface area contributed by atoms with Crippen LogP contribution in [0.2, 0.25) is 0 Å². The molecule has 0 aliphatic heterocycles. The van der Waals surface area contributed by atoms with Gasteiger partial charge in [0.15, 0.2) is 11.7 Å². The summed E-state index contributed by atoms with van der Waals surface area (Å²) in [6, 6.07) is 15.2. The van der Waals surface area contributed by atoms with Crippen molar-refractivity contribution in [1.29, 1.82) is 0 Å². The Hall–Kier alpha value is -1.92. The Morgan fingerprint density at radius 2 is 1.95 bits per heavy atom. The fraction of sp³-hybridized carbons (Fsp3) is 0.125. The van der Waals surface area contributed by atoms with Crippen molar-refractivity contribution in [3.8, 4) is 5.75 Å². The third kappa shape index (κ3) is 3.28. The van der Waals surface area contributed by atoms with E-state index in [-0.39, 0.29) is 12.5 Å². The fourth-order valence-electron chi connectivity index (χ4n) is 1.88. The molecule has 3 aromatic rings. The largest absolute Gasteiger partial charge is 0.484 e. The third-order valence-corrected chi connectivity index (χ3v) is 4.76. The molecule has 6 heteroatoms. The van der Waals surface area contributed by atoms with E-state index >= 15 is 0 Å². The van der Waals surface area contributed by atoms with Crippen molar-refractivity contribution in [2.75, 3.05) is 18.6 Å². The number of para-hydroxylation sites is 1. The average molecular weight is 377 g/mol. The fourth-order valence-corrected chi connectivity index (χ4v) is 3.09. The maximum absolute atomic E-state index is 12.2. The molecular formula is C16H13BrN2O2S. The maximum atomic E-state index is 12.2. The predicted octanol–water partition coefficient (Wildman–Crippen LogP) is 4.10. The normalized spacial score (nSPS) is 10.6. The van der Waals surface area contributed by atoms with Crippen molar-refractivity contribution < 1.29 is 9.53 Å². The molecule has 0 fully saturated rings. The molecule has 0 atom stereocenters. The summed E-state index contributed by atoms with van der Waals surface area (Å²) in [4.78, 5) is 18.2. The summed E-state index contributed by atoms with van der Waals surface area (Å²) >= 11 is 4.85. The smallest absolute Gasteiger partial charge is 0.266 e. The summed E-state index contributed by atoms with van der Waals surface area (Å²) in [5.41, 5.74) is 0.899. The minimum Gasteiger partial charge on any atom is -0.484 e. The summed E-state index contributed by atoms with van der Waals surface area (Å²) in [6.07, 6.45) is 0. The van der Waals surface area contributed by atoms with Crippen LogP contribution in [0.25, 0.3) is 10.2 Å². The number of hydrogen-bond donors (Lipinski definition) is 0. The molecule has 1 heterocycles. The van der Waals surface area contributed by atoms with Gasteiger partial charge in [0.05, 0.1) is 10.2 Å². The summed E-state index contributed by atoms with van der Waals surface area (Å²) in [5, 5.41) is 0.672. The lowest BCUT2D eigenvalue weighted by molar-refractivity contribution is -0.120. The number of rotatable bonds is 4. The number of aromatic nitrogens is 1. The van der Waals surface area contributed by atoms with Crippen molar-refractivity contribution >= 4 is 48.5 Å². The summed E-state index contributed by atoms with van der Waals surface area (Å²) in [6.45, 7) is -0.0198. The molecule has 2 aromatic carbocycles. The lowest BCUT2D eigenvalue weighted by Crippen LogP contribution is -2.31. The zero-order valence-electron chi connectivity index (χ0n) is 11.8. The highest BCUT2D eigenvalue weighted by atomic mass is 79.9. The molecule has 112 valence electrons. The van der Waals surface area contributed by atoms with Gasteiger partial charge in [-0.3, -0.25) is 9.69 Å². The van der Waals surface area contributed by atoms with Crippen molar-refractivity contribution in [3.05, 3.63) is 53.0 Å². The van der Waals surface area contributed by atoms with E-state index in [1.165, 1.54) is 16.2 Å². The molecule has 0 saturated carbocycles. The number of nitrogens with zero attached hydrogens (tertiary/aromatic N) is 2. The second kappa shape index (κ2) is 6.46. The number of benzene rings is 2. The van der Waals surface area contributed by atoms with Crippen LogP contribution in [0.15, 0.2) is 53.0 Å². The number of carbonyl (C=O) groups excluding carboxylic acids is 1. The number of thiazole rings is 1. The van der Waals surface area contributed by atoms with Gasteiger partial charge in [-0.2, -0.15) is 0 Å². The quantitative estimate of drug-likeness (QED) is 0.688. The molecule has 1 amide bonds. The van der Waals surface area contributed by atoms with Gasteiger partial charge in [-0.1, -0.05) is 39.4 Å². The second-order valence-electron chi connectivity index (χ2n) is 4.66. The van der Waals surface area contributed by atoms with E-state index in [9.17, 15) is 4.79 Å². The zero-order valence-corrected chi connectivity index (χ0v) is 14.2.